The van der Waals surface area contributed by atoms with Crippen LogP contribution < -0.4 is 0 Å². The van der Waals surface area contributed by atoms with Gasteiger partial charge in [-0.1, -0.05) is 90.5 Å². The molecular weight excluding hydrogens is 419 g/mol. The molecule has 4 nitrogen and oxygen atoms in total. The second kappa shape index (κ2) is 10.1. The number of carbonyl (C=O) groups excluding carboxylic acids is 1. The standard InChI is InChI=1S/C30H36N2O2/c1-24-14-16-25(17-15-24)29(34)18-21-32(22-19-29)23-20-30(28(33)31(2)3,26-10-6-4-7-11-26)27-12-8-5-9-13-27/h4-17,34H,18-23H2,1-3H3/i2-1. The number of aryl methyl sites for hydroxylation is 1. The van der Waals surface area contributed by atoms with Gasteiger partial charge in [0, 0.05) is 27.2 Å². The number of amides is 1. The molecule has 0 radical (unpaired) electrons. The van der Waals surface area contributed by atoms with E-state index in [4.69, 9.17) is 0 Å². The van der Waals surface area contributed by atoms with Crippen molar-refractivity contribution in [3.63, 3.8) is 0 Å². The summed E-state index contributed by atoms with van der Waals surface area (Å²) in [5.41, 5.74) is 2.72. The molecule has 3 aromatic rings. The summed E-state index contributed by atoms with van der Waals surface area (Å²) < 4.78 is 0. The van der Waals surface area contributed by atoms with E-state index in [9.17, 15) is 9.90 Å². The van der Waals surface area contributed by atoms with E-state index in [2.05, 4.69) is 60.4 Å². The minimum Gasteiger partial charge on any atom is -0.385 e. The van der Waals surface area contributed by atoms with E-state index in [1.165, 1.54) is 5.56 Å². The van der Waals surface area contributed by atoms with E-state index in [1.54, 1.807) is 4.90 Å². The number of aliphatic hydroxyl groups is 1. The number of hydrogen-bond donors (Lipinski definition) is 1. The van der Waals surface area contributed by atoms with Crippen molar-refractivity contribution in [1.82, 2.24) is 9.80 Å². The first-order valence-corrected chi connectivity index (χ1v) is 12.2. The summed E-state index contributed by atoms with van der Waals surface area (Å²) in [6, 6.07) is 28.6. The number of rotatable bonds is 7. The lowest BCUT2D eigenvalue weighted by molar-refractivity contribution is -0.133. The molecule has 3 aromatic carbocycles. The van der Waals surface area contributed by atoms with Gasteiger partial charge in [-0.2, -0.15) is 0 Å². The molecule has 0 aliphatic carbocycles. The molecule has 0 atom stereocenters. The lowest BCUT2D eigenvalue weighted by atomic mass is 9.70. The van der Waals surface area contributed by atoms with Crippen LogP contribution in [-0.4, -0.2) is 54.5 Å². The Hall–Kier alpha value is -2.95. The smallest absolute Gasteiger partial charge is 0.237 e. The van der Waals surface area contributed by atoms with Crippen molar-refractivity contribution in [2.45, 2.75) is 37.2 Å². The molecular formula is C30H36N2O2. The van der Waals surface area contributed by atoms with Gasteiger partial charge in [-0.25, -0.2) is 0 Å². The van der Waals surface area contributed by atoms with Crippen LogP contribution in [0.25, 0.3) is 0 Å². The van der Waals surface area contributed by atoms with Crippen LogP contribution in [0.4, 0.5) is 0 Å². The van der Waals surface area contributed by atoms with Crippen molar-refractivity contribution in [1.29, 1.82) is 0 Å². The topological polar surface area (TPSA) is 43.8 Å². The van der Waals surface area contributed by atoms with Crippen LogP contribution in [0.1, 0.15) is 41.5 Å². The lowest BCUT2D eigenvalue weighted by Crippen LogP contribution is -2.48. The number of likely N-dealkylation sites (N-methyl/N-ethyl adjacent to an activating group) is 1. The third-order valence-electron chi connectivity index (χ3n) is 7.38. The molecule has 0 bridgehead atoms. The first kappa shape index (κ1) is 24.2. The Labute approximate surface area is 203 Å². The molecule has 1 fully saturated rings. The first-order chi connectivity index (χ1) is 16.3. The van der Waals surface area contributed by atoms with E-state index in [1.807, 2.05) is 50.5 Å². The average molecular weight is 456 g/mol. The Morgan fingerprint density at radius 3 is 1.85 bits per heavy atom. The minimum atomic E-state index is -0.778. The molecule has 4 rings (SSSR count). The fourth-order valence-corrected chi connectivity index (χ4v) is 5.26. The Morgan fingerprint density at radius 1 is 0.882 bits per heavy atom. The van der Waals surface area contributed by atoms with Crippen molar-refractivity contribution < 1.29 is 9.90 Å². The molecule has 1 aliphatic heterocycles. The van der Waals surface area contributed by atoms with E-state index < -0.39 is 11.0 Å². The van der Waals surface area contributed by atoms with Crippen LogP contribution >= 0.6 is 0 Å². The number of piperidine rings is 1. The third kappa shape index (κ3) is 4.79. The highest BCUT2D eigenvalue weighted by molar-refractivity contribution is 5.91. The Morgan fingerprint density at radius 2 is 1.38 bits per heavy atom. The first-order valence-electron chi connectivity index (χ1n) is 12.2. The monoisotopic (exact) mass is 455 g/mol. The highest BCUT2D eigenvalue weighted by Gasteiger charge is 2.43. The zero-order valence-corrected chi connectivity index (χ0v) is 20.6. The van der Waals surface area contributed by atoms with Gasteiger partial charge in [-0.15, -0.1) is 0 Å². The number of benzene rings is 3. The van der Waals surface area contributed by atoms with Crippen molar-refractivity contribution in [2.24, 2.45) is 0 Å². The van der Waals surface area contributed by atoms with E-state index in [0.717, 1.165) is 36.3 Å². The fourth-order valence-electron chi connectivity index (χ4n) is 5.26. The van der Waals surface area contributed by atoms with Gasteiger partial charge in [0.25, 0.3) is 0 Å². The molecule has 0 spiro atoms. The predicted molar refractivity (Wildman–Crippen MR) is 138 cm³/mol. The maximum atomic E-state index is 13.8. The normalized spacial score (nSPS) is 16.2. The van der Waals surface area contributed by atoms with Crippen molar-refractivity contribution in [3.05, 3.63) is 107 Å². The van der Waals surface area contributed by atoms with Crippen LogP contribution in [0, 0.1) is 6.92 Å². The van der Waals surface area contributed by atoms with Crippen molar-refractivity contribution >= 4 is 5.91 Å². The molecule has 1 amide bonds. The summed E-state index contributed by atoms with van der Waals surface area (Å²) in [5.74, 6) is 0.0954. The zero-order valence-electron chi connectivity index (χ0n) is 20.6. The Kier molecular flexibility index (Phi) is 7.20. The molecule has 0 unspecified atom stereocenters. The van der Waals surface area contributed by atoms with Crippen molar-refractivity contribution in [3.8, 4) is 0 Å². The van der Waals surface area contributed by atoms with Gasteiger partial charge in [0.1, 0.15) is 5.41 Å². The van der Waals surface area contributed by atoms with E-state index in [0.29, 0.717) is 19.3 Å². The van der Waals surface area contributed by atoms with Crippen LogP contribution in [0.2, 0.25) is 0 Å². The SMILES string of the molecule is Cc1ccc(C2(O)CCN(CCC(C(=O)N(C)[11CH3])(c3ccccc3)c3ccccc3)CC2)cc1. The second-order valence-corrected chi connectivity index (χ2v) is 9.83. The molecule has 1 heterocycles. The number of carbonyl (C=O) groups is 1. The third-order valence-corrected chi connectivity index (χ3v) is 7.38. The van der Waals surface area contributed by atoms with Gasteiger partial charge >= 0.3 is 0 Å². The number of hydrogen-bond acceptors (Lipinski definition) is 3. The fraction of sp³-hybridized carbons (Fsp3) is 0.367. The molecule has 1 aliphatic rings. The van der Waals surface area contributed by atoms with Gasteiger partial charge in [0.2, 0.25) is 5.91 Å². The highest BCUT2D eigenvalue weighted by Crippen LogP contribution is 2.39. The van der Waals surface area contributed by atoms with E-state index >= 15 is 0 Å². The summed E-state index contributed by atoms with van der Waals surface area (Å²) in [7, 11) is 3.68. The largest absolute Gasteiger partial charge is 0.385 e. The van der Waals surface area contributed by atoms with Crippen LogP contribution in [0.5, 0.6) is 0 Å². The zero-order chi connectivity index (χ0) is 24.2. The van der Waals surface area contributed by atoms with E-state index in [-0.39, 0.29) is 5.91 Å². The molecule has 4 heteroatoms. The summed E-state index contributed by atoms with van der Waals surface area (Å²) in [6.45, 7) is 4.46. The molecule has 1 N–H and O–H groups in total. The number of likely N-dealkylation sites (tertiary alicyclic amines) is 1. The second-order valence-electron chi connectivity index (χ2n) is 9.83. The molecule has 1 saturated heterocycles. The predicted octanol–water partition coefficient (Wildman–Crippen LogP) is 4.74. The highest BCUT2D eigenvalue weighted by atomic mass is 16.3. The minimum absolute atomic E-state index is 0.0954. The lowest BCUT2D eigenvalue weighted by Gasteiger charge is -2.41. The molecule has 0 saturated carbocycles. The summed E-state index contributed by atoms with van der Waals surface area (Å²) in [5, 5.41) is 11.3. The summed E-state index contributed by atoms with van der Waals surface area (Å²) in [4.78, 5) is 17.9. The summed E-state index contributed by atoms with van der Waals surface area (Å²) in [6.07, 6.45) is 2.07. The molecule has 34 heavy (non-hydrogen) atoms. The van der Waals surface area contributed by atoms with Gasteiger partial charge in [-0.05, 0) is 49.4 Å². The van der Waals surface area contributed by atoms with Gasteiger partial charge in [-0.3, -0.25) is 4.79 Å². The summed E-state index contributed by atoms with van der Waals surface area (Å²) >= 11 is 0. The van der Waals surface area contributed by atoms with Crippen molar-refractivity contribution in [2.75, 3.05) is 33.7 Å². The van der Waals surface area contributed by atoms with Crippen LogP contribution in [0.3, 0.4) is 0 Å². The Balaban J connectivity index is 1.57. The van der Waals surface area contributed by atoms with Gasteiger partial charge in [0.05, 0.1) is 5.60 Å². The molecule has 0 aromatic heterocycles. The van der Waals surface area contributed by atoms with Crippen LogP contribution in [0.15, 0.2) is 84.9 Å². The Bertz CT molecular complexity index is 1030. The number of nitrogens with zero attached hydrogens (tertiary/aromatic N) is 2. The average Bonchev–Trinajstić information content (AvgIpc) is 2.87. The quantitative estimate of drug-likeness (QED) is 0.560. The molecule has 178 valence electrons. The van der Waals surface area contributed by atoms with Crippen LogP contribution in [-0.2, 0) is 15.8 Å². The van der Waals surface area contributed by atoms with Gasteiger partial charge < -0.3 is 14.9 Å². The maximum absolute atomic E-state index is 13.8. The van der Waals surface area contributed by atoms with Gasteiger partial charge in [0.15, 0.2) is 0 Å². The maximum Gasteiger partial charge on any atom is 0.237 e.